The summed E-state index contributed by atoms with van der Waals surface area (Å²) in [5, 5.41) is 4.87. The van der Waals surface area contributed by atoms with E-state index in [1.165, 1.54) is 6.20 Å². The smallest absolute Gasteiger partial charge is 0.207 e. The van der Waals surface area contributed by atoms with Crippen LogP contribution in [-0.2, 0) is 6.54 Å². The van der Waals surface area contributed by atoms with Crippen molar-refractivity contribution in [2.45, 2.75) is 6.54 Å². The van der Waals surface area contributed by atoms with Gasteiger partial charge in [0.2, 0.25) is 5.43 Å². The van der Waals surface area contributed by atoms with E-state index in [1.807, 2.05) is 30.3 Å². The number of pyridine rings is 1. The van der Waals surface area contributed by atoms with E-state index in [9.17, 15) is 4.79 Å². The van der Waals surface area contributed by atoms with Crippen LogP contribution in [0.2, 0.25) is 0 Å². The van der Waals surface area contributed by atoms with Gasteiger partial charge in [-0.05, 0) is 39.7 Å². The molecule has 0 atom stereocenters. The Morgan fingerprint density at radius 2 is 2.00 bits per heavy atom. The van der Waals surface area contributed by atoms with Crippen molar-refractivity contribution in [2.75, 3.05) is 0 Å². The minimum absolute atomic E-state index is 0.0563. The summed E-state index contributed by atoms with van der Waals surface area (Å²) in [5.74, 6) is 0. The van der Waals surface area contributed by atoms with Gasteiger partial charge < -0.3 is 0 Å². The predicted octanol–water partition coefficient (Wildman–Crippen LogP) is 2.60. The van der Waals surface area contributed by atoms with Crippen LogP contribution in [0.25, 0.3) is 10.9 Å². The molecule has 1 aromatic carbocycles. The zero-order chi connectivity index (χ0) is 13.2. The third-order valence-electron chi connectivity index (χ3n) is 2.86. The summed E-state index contributed by atoms with van der Waals surface area (Å²) in [4.78, 5) is 15.9. The number of benzene rings is 1. The van der Waals surface area contributed by atoms with E-state index in [4.69, 9.17) is 0 Å². The maximum Gasteiger partial charge on any atom is 0.207 e. The van der Waals surface area contributed by atoms with E-state index in [2.05, 4.69) is 26.0 Å². The predicted molar refractivity (Wildman–Crippen MR) is 77.0 cm³/mol. The summed E-state index contributed by atoms with van der Waals surface area (Å²) < 4.78 is 2.73. The second kappa shape index (κ2) is 4.93. The molecule has 4 nitrogen and oxygen atoms in total. The Balaban J connectivity index is 2.11. The molecule has 2 aromatic heterocycles. The fraction of sp³-hybridized carbons (Fsp3) is 0.0714. The van der Waals surface area contributed by atoms with Gasteiger partial charge in [-0.1, -0.05) is 12.1 Å². The molecule has 0 N–H and O–H groups in total. The van der Waals surface area contributed by atoms with Gasteiger partial charge in [0.05, 0.1) is 18.3 Å². The average Bonchev–Trinajstić information content (AvgIpc) is 2.42. The fourth-order valence-corrected chi connectivity index (χ4v) is 2.41. The van der Waals surface area contributed by atoms with E-state index in [0.29, 0.717) is 11.9 Å². The molecule has 0 aliphatic heterocycles. The highest BCUT2D eigenvalue weighted by Crippen LogP contribution is 2.13. The van der Waals surface area contributed by atoms with E-state index < -0.39 is 0 Å². The van der Waals surface area contributed by atoms with Crippen LogP contribution in [0.15, 0.2) is 58.2 Å². The molecule has 0 bridgehead atoms. The summed E-state index contributed by atoms with van der Waals surface area (Å²) >= 11 is 3.39. The summed E-state index contributed by atoms with van der Waals surface area (Å²) in [5.41, 5.74) is 1.80. The zero-order valence-electron chi connectivity index (χ0n) is 9.95. The maximum absolute atomic E-state index is 11.7. The van der Waals surface area contributed by atoms with Crippen LogP contribution >= 0.6 is 15.9 Å². The molecule has 0 aliphatic rings. The van der Waals surface area contributed by atoms with E-state index in [-0.39, 0.29) is 5.43 Å². The molecule has 94 valence electrons. The number of para-hydroxylation sites is 1. The van der Waals surface area contributed by atoms with Crippen molar-refractivity contribution >= 4 is 26.8 Å². The van der Waals surface area contributed by atoms with Gasteiger partial charge in [0.1, 0.15) is 0 Å². The number of nitrogens with zero attached hydrogens (tertiary/aromatic N) is 3. The van der Waals surface area contributed by atoms with Crippen molar-refractivity contribution in [3.8, 4) is 0 Å². The Bertz CT molecular complexity index is 798. The Labute approximate surface area is 117 Å². The van der Waals surface area contributed by atoms with Gasteiger partial charge in [-0.2, -0.15) is 5.10 Å². The monoisotopic (exact) mass is 315 g/mol. The summed E-state index contributed by atoms with van der Waals surface area (Å²) in [6.45, 7) is 0.577. The van der Waals surface area contributed by atoms with Crippen molar-refractivity contribution in [1.29, 1.82) is 0 Å². The molecule has 3 aromatic rings. The van der Waals surface area contributed by atoms with Crippen LogP contribution in [-0.4, -0.2) is 14.8 Å². The molecule has 5 heteroatoms. The first-order chi connectivity index (χ1) is 9.24. The molecule has 0 radical (unpaired) electrons. The number of hydrogen-bond acceptors (Lipinski definition) is 3. The fourth-order valence-electron chi connectivity index (χ4n) is 2.00. The maximum atomic E-state index is 11.7. The Morgan fingerprint density at radius 3 is 2.84 bits per heavy atom. The molecule has 3 rings (SSSR count). The lowest BCUT2D eigenvalue weighted by molar-refractivity contribution is 0.692. The molecular formula is C14H10BrN3O. The molecule has 19 heavy (non-hydrogen) atoms. The van der Waals surface area contributed by atoms with Gasteiger partial charge in [0.15, 0.2) is 0 Å². The van der Waals surface area contributed by atoms with Crippen LogP contribution in [0.1, 0.15) is 5.56 Å². The standard InChI is InChI=1S/C14H10BrN3O/c15-11-5-10(6-16-7-11)9-18-13-4-2-1-3-12(13)14(19)8-17-18/h1-8H,9H2. The highest BCUT2D eigenvalue weighted by Gasteiger charge is 2.04. The number of aromatic nitrogens is 3. The Kier molecular flexibility index (Phi) is 3.13. The van der Waals surface area contributed by atoms with Crippen LogP contribution in [0, 0.1) is 0 Å². The lowest BCUT2D eigenvalue weighted by atomic mass is 10.2. The van der Waals surface area contributed by atoms with Gasteiger partial charge >= 0.3 is 0 Å². The van der Waals surface area contributed by atoms with Crippen LogP contribution < -0.4 is 5.43 Å². The Hall–Kier alpha value is -2.01. The van der Waals surface area contributed by atoms with Gasteiger partial charge in [-0.3, -0.25) is 14.5 Å². The molecule has 0 saturated heterocycles. The van der Waals surface area contributed by atoms with Crippen molar-refractivity contribution in [3.05, 3.63) is 69.2 Å². The quantitative estimate of drug-likeness (QED) is 0.730. The third-order valence-corrected chi connectivity index (χ3v) is 3.29. The van der Waals surface area contributed by atoms with Crippen molar-refractivity contribution in [1.82, 2.24) is 14.8 Å². The minimum atomic E-state index is -0.0563. The van der Waals surface area contributed by atoms with E-state index >= 15 is 0 Å². The molecule has 0 unspecified atom stereocenters. The van der Waals surface area contributed by atoms with Crippen molar-refractivity contribution in [2.24, 2.45) is 0 Å². The van der Waals surface area contributed by atoms with Gasteiger partial charge in [-0.15, -0.1) is 0 Å². The Morgan fingerprint density at radius 1 is 1.16 bits per heavy atom. The van der Waals surface area contributed by atoms with E-state index in [0.717, 1.165) is 15.6 Å². The largest absolute Gasteiger partial charge is 0.287 e. The molecule has 0 aliphatic carbocycles. The van der Waals surface area contributed by atoms with Gasteiger partial charge in [0.25, 0.3) is 0 Å². The number of fused-ring (bicyclic) bond motifs is 1. The molecule has 2 heterocycles. The average molecular weight is 316 g/mol. The summed E-state index contributed by atoms with van der Waals surface area (Å²) in [6.07, 6.45) is 4.88. The first kappa shape index (κ1) is 12.0. The van der Waals surface area contributed by atoms with Crippen LogP contribution in [0.4, 0.5) is 0 Å². The van der Waals surface area contributed by atoms with Crippen LogP contribution in [0.5, 0.6) is 0 Å². The second-order valence-corrected chi connectivity index (χ2v) is 5.11. The molecule has 0 fully saturated rings. The van der Waals surface area contributed by atoms with Gasteiger partial charge in [-0.25, -0.2) is 0 Å². The van der Waals surface area contributed by atoms with Crippen LogP contribution in [0.3, 0.4) is 0 Å². The third kappa shape index (κ3) is 2.42. The number of halogens is 1. The molecular weight excluding hydrogens is 306 g/mol. The number of hydrogen-bond donors (Lipinski definition) is 0. The molecule has 0 spiro atoms. The van der Waals surface area contributed by atoms with E-state index in [1.54, 1.807) is 17.1 Å². The first-order valence-corrected chi connectivity index (χ1v) is 6.57. The summed E-state index contributed by atoms with van der Waals surface area (Å²) in [6, 6.07) is 9.46. The topological polar surface area (TPSA) is 47.8 Å². The zero-order valence-corrected chi connectivity index (χ0v) is 11.5. The lowest BCUT2D eigenvalue weighted by Crippen LogP contribution is -2.13. The molecule has 0 amide bonds. The highest BCUT2D eigenvalue weighted by molar-refractivity contribution is 9.10. The first-order valence-electron chi connectivity index (χ1n) is 5.78. The molecule has 0 saturated carbocycles. The lowest BCUT2D eigenvalue weighted by Gasteiger charge is -2.09. The van der Waals surface area contributed by atoms with Gasteiger partial charge in [0, 0.05) is 22.3 Å². The van der Waals surface area contributed by atoms with Crippen molar-refractivity contribution in [3.63, 3.8) is 0 Å². The minimum Gasteiger partial charge on any atom is -0.287 e. The second-order valence-electron chi connectivity index (χ2n) is 4.20. The normalized spacial score (nSPS) is 10.8. The summed E-state index contributed by atoms with van der Waals surface area (Å²) in [7, 11) is 0. The number of rotatable bonds is 2. The SMILES string of the molecule is O=c1cnn(Cc2cncc(Br)c2)c2ccccc12. The van der Waals surface area contributed by atoms with Crippen molar-refractivity contribution < 1.29 is 0 Å². The highest BCUT2D eigenvalue weighted by atomic mass is 79.9.